The average molecular weight is 395 g/mol. The summed E-state index contributed by atoms with van der Waals surface area (Å²) in [5.41, 5.74) is 1.60. The lowest BCUT2D eigenvalue weighted by atomic mass is 9.96. The molecular weight excluding hydrogens is 370 g/mol. The molecule has 8 nitrogen and oxygen atoms in total. The van der Waals surface area contributed by atoms with Gasteiger partial charge in [-0.05, 0) is 52.5 Å². The maximum atomic E-state index is 12.9. The summed E-state index contributed by atoms with van der Waals surface area (Å²) >= 11 is 0. The van der Waals surface area contributed by atoms with Gasteiger partial charge in [-0.3, -0.25) is 14.6 Å². The number of hydrogen-bond donors (Lipinski definition) is 1. The second-order valence-electron chi connectivity index (χ2n) is 7.35. The maximum Gasteiger partial charge on any atom is 0.295 e. The van der Waals surface area contributed by atoms with Crippen molar-refractivity contribution in [2.24, 2.45) is 0 Å². The van der Waals surface area contributed by atoms with Gasteiger partial charge >= 0.3 is 0 Å². The SMILES string of the molecule is Cc1ncc(/C(O)=C2\C(=O)C(=O)N(CCCN(C)C)C2c2cccnc2)c(C)n1. The van der Waals surface area contributed by atoms with Crippen LogP contribution in [0.2, 0.25) is 0 Å². The smallest absolute Gasteiger partial charge is 0.295 e. The first-order valence-electron chi connectivity index (χ1n) is 9.45. The number of rotatable bonds is 6. The van der Waals surface area contributed by atoms with Crippen LogP contribution < -0.4 is 0 Å². The van der Waals surface area contributed by atoms with Gasteiger partial charge in [0.15, 0.2) is 0 Å². The molecule has 1 fully saturated rings. The fourth-order valence-electron chi connectivity index (χ4n) is 3.51. The molecule has 8 heteroatoms. The van der Waals surface area contributed by atoms with Gasteiger partial charge < -0.3 is 14.9 Å². The van der Waals surface area contributed by atoms with Crippen LogP contribution in [0.1, 0.15) is 35.1 Å². The van der Waals surface area contributed by atoms with Crippen LogP contribution in [0, 0.1) is 13.8 Å². The number of carbonyl (C=O) groups is 2. The Kier molecular flexibility index (Phi) is 6.03. The number of pyridine rings is 1. The zero-order chi connectivity index (χ0) is 21.1. The highest BCUT2D eigenvalue weighted by Crippen LogP contribution is 2.39. The van der Waals surface area contributed by atoms with Crippen molar-refractivity contribution < 1.29 is 14.7 Å². The molecule has 1 unspecified atom stereocenters. The third-order valence-electron chi connectivity index (χ3n) is 4.90. The number of Topliss-reactive ketones (excluding diaryl/α,β-unsaturated/α-hetero) is 1. The monoisotopic (exact) mass is 395 g/mol. The van der Waals surface area contributed by atoms with Crippen molar-refractivity contribution in [3.63, 3.8) is 0 Å². The van der Waals surface area contributed by atoms with Crippen molar-refractivity contribution in [2.45, 2.75) is 26.3 Å². The Morgan fingerprint density at radius 1 is 1.24 bits per heavy atom. The summed E-state index contributed by atoms with van der Waals surface area (Å²) in [5.74, 6) is -1.03. The minimum atomic E-state index is -0.707. The zero-order valence-corrected chi connectivity index (χ0v) is 17.1. The number of nitrogens with zero attached hydrogens (tertiary/aromatic N) is 5. The van der Waals surface area contributed by atoms with Gasteiger partial charge in [-0.2, -0.15) is 0 Å². The number of hydrogen-bond acceptors (Lipinski definition) is 7. The Morgan fingerprint density at radius 3 is 2.62 bits per heavy atom. The van der Waals surface area contributed by atoms with Crippen LogP contribution in [0.15, 0.2) is 36.3 Å². The Hall–Kier alpha value is -3.13. The number of aliphatic hydroxyl groups is 1. The number of carbonyl (C=O) groups excluding carboxylic acids is 2. The fraction of sp³-hybridized carbons (Fsp3) is 0.381. The van der Waals surface area contributed by atoms with Crippen molar-refractivity contribution in [3.05, 3.63) is 58.9 Å². The molecule has 2 aromatic rings. The van der Waals surface area contributed by atoms with Gasteiger partial charge in [0.2, 0.25) is 0 Å². The van der Waals surface area contributed by atoms with E-state index in [4.69, 9.17) is 0 Å². The molecule has 0 spiro atoms. The lowest BCUT2D eigenvalue weighted by Crippen LogP contribution is -2.32. The summed E-state index contributed by atoms with van der Waals surface area (Å²) in [5, 5.41) is 11.0. The van der Waals surface area contributed by atoms with E-state index < -0.39 is 17.7 Å². The highest BCUT2D eigenvalue weighted by Gasteiger charge is 2.46. The third-order valence-corrected chi connectivity index (χ3v) is 4.90. The summed E-state index contributed by atoms with van der Waals surface area (Å²) in [6, 6.07) is 2.84. The minimum Gasteiger partial charge on any atom is -0.507 e. The standard InChI is InChI=1S/C21H25N5O3/c1-13-16(12-23-14(2)24-13)19(27)17-18(15-7-5-8-22-11-15)26(21(29)20(17)28)10-6-9-25(3)4/h5,7-8,11-12,18,27H,6,9-10H2,1-4H3/b19-17+. The van der Waals surface area contributed by atoms with E-state index in [1.54, 1.807) is 38.4 Å². The van der Waals surface area contributed by atoms with Crippen LogP contribution in [0.3, 0.4) is 0 Å². The van der Waals surface area contributed by atoms with Crippen LogP contribution in [-0.4, -0.2) is 68.7 Å². The van der Waals surface area contributed by atoms with Gasteiger partial charge in [0.25, 0.3) is 11.7 Å². The molecule has 0 aromatic carbocycles. The van der Waals surface area contributed by atoms with Gasteiger partial charge in [0.05, 0.1) is 22.9 Å². The summed E-state index contributed by atoms with van der Waals surface area (Å²) < 4.78 is 0. The quantitative estimate of drug-likeness (QED) is 0.453. The second kappa shape index (κ2) is 8.48. The Morgan fingerprint density at radius 2 is 2.00 bits per heavy atom. The Labute approximate surface area is 169 Å². The van der Waals surface area contributed by atoms with E-state index in [0.29, 0.717) is 35.6 Å². The van der Waals surface area contributed by atoms with Crippen molar-refractivity contribution in [1.29, 1.82) is 0 Å². The van der Waals surface area contributed by atoms with Crippen LogP contribution in [-0.2, 0) is 9.59 Å². The molecule has 152 valence electrons. The molecule has 1 amide bonds. The van der Waals surface area contributed by atoms with Crippen LogP contribution in [0.25, 0.3) is 5.76 Å². The van der Waals surface area contributed by atoms with E-state index in [-0.39, 0.29) is 11.3 Å². The highest BCUT2D eigenvalue weighted by molar-refractivity contribution is 6.46. The second-order valence-corrected chi connectivity index (χ2v) is 7.35. The van der Waals surface area contributed by atoms with E-state index >= 15 is 0 Å². The molecule has 1 saturated heterocycles. The molecular formula is C21H25N5O3. The average Bonchev–Trinajstić information content (AvgIpc) is 2.93. The van der Waals surface area contributed by atoms with E-state index in [2.05, 4.69) is 15.0 Å². The Bertz CT molecular complexity index is 956. The molecule has 0 saturated carbocycles. The molecule has 3 rings (SSSR count). The number of aromatic nitrogens is 3. The Balaban J connectivity index is 2.10. The number of ketones is 1. The summed E-state index contributed by atoms with van der Waals surface area (Å²) in [6.07, 6.45) is 5.41. The lowest BCUT2D eigenvalue weighted by molar-refractivity contribution is -0.139. The fourth-order valence-corrected chi connectivity index (χ4v) is 3.51. The minimum absolute atomic E-state index is 0.0448. The van der Waals surface area contributed by atoms with Crippen LogP contribution in [0.5, 0.6) is 0 Å². The molecule has 0 bridgehead atoms. The molecule has 3 heterocycles. The van der Waals surface area contributed by atoms with Crippen LogP contribution in [0.4, 0.5) is 0 Å². The number of aliphatic hydroxyl groups excluding tert-OH is 1. The topological polar surface area (TPSA) is 99.5 Å². The summed E-state index contributed by atoms with van der Waals surface area (Å²) in [6.45, 7) is 4.64. The maximum absolute atomic E-state index is 12.9. The lowest BCUT2D eigenvalue weighted by Gasteiger charge is -2.25. The van der Waals surface area contributed by atoms with Crippen molar-refractivity contribution >= 4 is 17.4 Å². The van der Waals surface area contributed by atoms with E-state index in [9.17, 15) is 14.7 Å². The number of aryl methyl sites for hydroxylation is 2. The first-order valence-corrected chi connectivity index (χ1v) is 9.45. The first kappa shape index (κ1) is 20.6. The molecule has 1 atom stereocenters. The van der Waals surface area contributed by atoms with Crippen LogP contribution >= 0.6 is 0 Å². The van der Waals surface area contributed by atoms with Gasteiger partial charge in [0, 0.05) is 25.1 Å². The summed E-state index contributed by atoms with van der Waals surface area (Å²) in [4.78, 5) is 41.8. The molecule has 2 aromatic heterocycles. The van der Waals surface area contributed by atoms with Gasteiger partial charge in [0.1, 0.15) is 11.6 Å². The predicted octanol–water partition coefficient (Wildman–Crippen LogP) is 1.86. The van der Waals surface area contributed by atoms with Crippen molar-refractivity contribution in [1.82, 2.24) is 24.8 Å². The molecule has 1 N–H and O–H groups in total. The largest absolute Gasteiger partial charge is 0.507 e. The van der Waals surface area contributed by atoms with Gasteiger partial charge in [-0.25, -0.2) is 9.97 Å². The molecule has 29 heavy (non-hydrogen) atoms. The number of likely N-dealkylation sites (tertiary alicyclic amines) is 1. The van der Waals surface area contributed by atoms with Crippen molar-refractivity contribution in [3.8, 4) is 0 Å². The predicted molar refractivity (Wildman–Crippen MR) is 108 cm³/mol. The molecule has 0 radical (unpaired) electrons. The molecule has 1 aliphatic rings. The first-order chi connectivity index (χ1) is 13.8. The van der Waals surface area contributed by atoms with E-state index in [1.165, 1.54) is 11.1 Å². The molecule has 1 aliphatic heterocycles. The van der Waals surface area contributed by atoms with E-state index in [0.717, 1.165) is 6.54 Å². The third kappa shape index (κ3) is 4.17. The molecule has 0 aliphatic carbocycles. The van der Waals surface area contributed by atoms with Gasteiger partial charge in [-0.1, -0.05) is 6.07 Å². The normalized spacial score (nSPS) is 18.7. The summed E-state index contributed by atoms with van der Waals surface area (Å²) in [7, 11) is 3.90. The zero-order valence-electron chi connectivity index (χ0n) is 17.1. The van der Waals surface area contributed by atoms with Crippen molar-refractivity contribution in [2.75, 3.05) is 27.2 Å². The van der Waals surface area contributed by atoms with Gasteiger partial charge in [-0.15, -0.1) is 0 Å². The highest BCUT2D eigenvalue weighted by atomic mass is 16.3. The number of amides is 1. The van der Waals surface area contributed by atoms with E-state index in [1.807, 2.05) is 19.0 Å².